The van der Waals surface area contributed by atoms with E-state index in [2.05, 4.69) is 26.3 Å². The zero-order valence-corrected chi connectivity index (χ0v) is 11.0. The Morgan fingerprint density at radius 2 is 2.20 bits per heavy atom. The molecule has 0 radical (unpaired) electrons. The van der Waals surface area contributed by atoms with Crippen LogP contribution in [0.5, 0.6) is 0 Å². The molecule has 1 aromatic carbocycles. The number of rotatable bonds is 3. The molecule has 0 aliphatic heterocycles. The number of nitriles is 1. The highest BCUT2D eigenvalue weighted by Gasteiger charge is 2.12. The maximum Gasteiger partial charge on any atom is 0.145 e. The molecule has 5 heteroatoms. The summed E-state index contributed by atoms with van der Waals surface area (Å²) in [5, 5.41) is 13.5. The third kappa shape index (κ3) is 2.19. The van der Waals surface area contributed by atoms with Gasteiger partial charge in [-0.15, -0.1) is 0 Å². The molecular weight excluding hydrogens is 250 g/mol. The fourth-order valence-corrected chi connectivity index (χ4v) is 2.10. The van der Waals surface area contributed by atoms with Crippen LogP contribution in [-0.2, 0) is 0 Å². The van der Waals surface area contributed by atoms with Crippen molar-refractivity contribution in [3.63, 3.8) is 0 Å². The third-order valence-electron chi connectivity index (χ3n) is 3.13. The van der Waals surface area contributed by atoms with Gasteiger partial charge in [-0.2, -0.15) is 5.26 Å². The maximum absolute atomic E-state index is 9.27. The molecule has 0 aliphatic rings. The number of nitrogens with zero attached hydrogens (tertiary/aromatic N) is 3. The van der Waals surface area contributed by atoms with Crippen molar-refractivity contribution >= 4 is 16.7 Å². The average molecular weight is 263 g/mol. The summed E-state index contributed by atoms with van der Waals surface area (Å²) in [7, 11) is 0. The standard InChI is InChI=1S/C15H13N5/c1-10(14-17-6-7-18-14)19-15-12(9-16)8-11-4-2-3-5-13(11)20-15/h2-8,10H,1H3,(H,17,18)(H,19,20). The molecule has 0 spiro atoms. The maximum atomic E-state index is 9.27. The minimum atomic E-state index is -0.0502. The molecule has 2 heterocycles. The molecule has 0 saturated carbocycles. The first-order valence-corrected chi connectivity index (χ1v) is 6.33. The molecule has 0 amide bonds. The van der Waals surface area contributed by atoms with Crippen LogP contribution < -0.4 is 5.32 Å². The van der Waals surface area contributed by atoms with Gasteiger partial charge in [-0.05, 0) is 19.1 Å². The number of aromatic nitrogens is 3. The topological polar surface area (TPSA) is 77.4 Å². The van der Waals surface area contributed by atoms with Gasteiger partial charge >= 0.3 is 0 Å². The summed E-state index contributed by atoms with van der Waals surface area (Å²) < 4.78 is 0. The number of fused-ring (bicyclic) bond motifs is 1. The molecule has 2 N–H and O–H groups in total. The lowest BCUT2D eigenvalue weighted by atomic mass is 10.1. The van der Waals surface area contributed by atoms with E-state index in [9.17, 15) is 5.26 Å². The van der Waals surface area contributed by atoms with E-state index in [1.807, 2.05) is 37.3 Å². The van der Waals surface area contributed by atoms with Crippen LogP contribution in [0.3, 0.4) is 0 Å². The van der Waals surface area contributed by atoms with E-state index in [-0.39, 0.29) is 6.04 Å². The zero-order chi connectivity index (χ0) is 13.9. The van der Waals surface area contributed by atoms with E-state index in [4.69, 9.17) is 0 Å². The smallest absolute Gasteiger partial charge is 0.145 e. The van der Waals surface area contributed by atoms with Gasteiger partial charge in [-0.25, -0.2) is 9.97 Å². The van der Waals surface area contributed by atoms with E-state index >= 15 is 0 Å². The number of hydrogen-bond donors (Lipinski definition) is 2. The fraction of sp³-hybridized carbons (Fsp3) is 0.133. The molecule has 98 valence electrons. The summed E-state index contributed by atoms with van der Waals surface area (Å²) in [5.41, 5.74) is 1.39. The van der Waals surface area contributed by atoms with Crippen molar-refractivity contribution in [2.24, 2.45) is 0 Å². The Labute approximate surface area is 116 Å². The number of nitrogens with one attached hydrogen (secondary N) is 2. The van der Waals surface area contributed by atoms with Gasteiger partial charge in [0.25, 0.3) is 0 Å². The van der Waals surface area contributed by atoms with Gasteiger partial charge in [0.05, 0.1) is 17.1 Å². The van der Waals surface area contributed by atoms with Crippen LogP contribution >= 0.6 is 0 Å². The highest BCUT2D eigenvalue weighted by molar-refractivity contribution is 5.82. The molecule has 3 aromatic rings. The summed E-state index contributed by atoms with van der Waals surface area (Å²) in [5.74, 6) is 1.39. The largest absolute Gasteiger partial charge is 0.359 e. The molecular formula is C15H13N5. The van der Waals surface area contributed by atoms with Crippen molar-refractivity contribution < 1.29 is 0 Å². The monoisotopic (exact) mass is 263 g/mol. The lowest BCUT2D eigenvalue weighted by Gasteiger charge is -2.14. The van der Waals surface area contributed by atoms with Crippen LogP contribution in [0.2, 0.25) is 0 Å². The van der Waals surface area contributed by atoms with E-state index in [0.29, 0.717) is 11.4 Å². The van der Waals surface area contributed by atoms with Crippen LogP contribution in [-0.4, -0.2) is 15.0 Å². The summed E-state index contributed by atoms with van der Waals surface area (Å²) >= 11 is 0. The first-order valence-electron chi connectivity index (χ1n) is 6.33. The molecule has 5 nitrogen and oxygen atoms in total. The van der Waals surface area contributed by atoms with Gasteiger partial charge in [-0.3, -0.25) is 0 Å². The Morgan fingerprint density at radius 1 is 1.35 bits per heavy atom. The summed E-state index contributed by atoms with van der Waals surface area (Å²) in [4.78, 5) is 11.8. The number of aromatic amines is 1. The highest BCUT2D eigenvalue weighted by atomic mass is 15.1. The Balaban J connectivity index is 2.00. The van der Waals surface area contributed by atoms with Gasteiger partial charge in [0, 0.05) is 17.8 Å². The molecule has 0 saturated heterocycles. The number of H-pyrrole nitrogens is 1. The van der Waals surface area contributed by atoms with Gasteiger partial charge in [0.2, 0.25) is 0 Å². The van der Waals surface area contributed by atoms with E-state index in [0.717, 1.165) is 16.7 Å². The van der Waals surface area contributed by atoms with Crippen LogP contribution in [0, 0.1) is 11.3 Å². The minimum Gasteiger partial charge on any atom is -0.359 e. The van der Waals surface area contributed by atoms with Crippen molar-refractivity contribution in [2.45, 2.75) is 13.0 Å². The van der Waals surface area contributed by atoms with E-state index in [1.165, 1.54) is 0 Å². The second kappa shape index (κ2) is 5.02. The van der Waals surface area contributed by atoms with Crippen molar-refractivity contribution in [2.75, 3.05) is 5.32 Å². The van der Waals surface area contributed by atoms with Crippen LogP contribution in [0.1, 0.15) is 24.4 Å². The Kier molecular flexibility index (Phi) is 3.05. The number of para-hydroxylation sites is 1. The van der Waals surface area contributed by atoms with E-state index in [1.54, 1.807) is 12.4 Å². The second-order valence-electron chi connectivity index (χ2n) is 4.53. The SMILES string of the molecule is CC(Nc1nc2ccccc2cc1C#N)c1ncc[nH]1. The molecule has 0 aliphatic carbocycles. The summed E-state index contributed by atoms with van der Waals surface area (Å²) in [6.07, 6.45) is 3.47. The van der Waals surface area contributed by atoms with Gasteiger partial charge in [0.15, 0.2) is 0 Å². The second-order valence-corrected chi connectivity index (χ2v) is 4.53. The van der Waals surface area contributed by atoms with Gasteiger partial charge < -0.3 is 10.3 Å². The summed E-state index contributed by atoms with van der Waals surface area (Å²) in [6.45, 7) is 1.97. The fourth-order valence-electron chi connectivity index (χ4n) is 2.10. The number of anilines is 1. The predicted octanol–water partition coefficient (Wildman–Crippen LogP) is 3.00. The molecule has 20 heavy (non-hydrogen) atoms. The molecule has 1 unspecified atom stereocenters. The molecule has 0 bridgehead atoms. The first kappa shape index (κ1) is 12.2. The molecule has 1 atom stereocenters. The Bertz CT molecular complexity index is 771. The van der Waals surface area contributed by atoms with E-state index < -0.39 is 0 Å². The van der Waals surface area contributed by atoms with Gasteiger partial charge in [0.1, 0.15) is 17.7 Å². The van der Waals surface area contributed by atoms with Crippen molar-refractivity contribution in [3.8, 4) is 6.07 Å². The highest BCUT2D eigenvalue weighted by Crippen LogP contribution is 2.22. The Morgan fingerprint density at radius 3 is 2.95 bits per heavy atom. The van der Waals surface area contributed by atoms with Crippen molar-refractivity contribution in [1.82, 2.24) is 15.0 Å². The lowest BCUT2D eigenvalue weighted by Crippen LogP contribution is -2.10. The first-order chi connectivity index (χ1) is 9.78. The van der Waals surface area contributed by atoms with Crippen LogP contribution in [0.25, 0.3) is 10.9 Å². The van der Waals surface area contributed by atoms with Gasteiger partial charge in [-0.1, -0.05) is 18.2 Å². The minimum absolute atomic E-state index is 0.0502. The number of hydrogen-bond acceptors (Lipinski definition) is 4. The van der Waals surface area contributed by atoms with Crippen molar-refractivity contribution in [3.05, 3.63) is 54.1 Å². The molecule has 3 rings (SSSR count). The zero-order valence-electron chi connectivity index (χ0n) is 11.0. The lowest BCUT2D eigenvalue weighted by molar-refractivity contribution is 0.804. The molecule has 2 aromatic heterocycles. The van der Waals surface area contributed by atoms with Crippen molar-refractivity contribution in [1.29, 1.82) is 5.26 Å². The molecule has 0 fully saturated rings. The Hall–Kier alpha value is -2.87. The number of benzene rings is 1. The number of pyridine rings is 1. The third-order valence-corrected chi connectivity index (χ3v) is 3.13. The summed E-state index contributed by atoms with van der Waals surface area (Å²) in [6, 6.07) is 11.7. The average Bonchev–Trinajstić information content (AvgIpc) is 3.01. The quantitative estimate of drug-likeness (QED) is 0.761. The van der Waals surface area contributed by atoms with Crippen LogP contribution in [0.4, 0.5) is 5.82 Å². The number of imidazole rings is 1. The van der Waals surface area contributed by atoms with Crippen LogP contribution in [0.15, 0.2) is 42.7 Å². The normalized spacial score (nSPS) is 12.0. The predicted molar refractivity (Wildman–Crippen MR) is 77.1 cm³/mol.